The third-order valence-electron chi connectivity index (χ3n) is 3.48. The molecule has 3 rings (SSSR count). The second-order valence-corrected chi connectivity index (χ2v) is 6.18. The van der Waals surface area contributed by atoms with Crippen LogP contribution in [0.3, 0.4) is 0 Å². The molecule has 0 aliphatic heterocycles. The SMILES string of the molecule is O=C(COc1ccccc1Cl)NNC(=O)c1ccc(-c2ccccc2Cl)o1. The summed E-state index contributed by atoms with van der Waals surface area (Å²) >= 11 is 12.0. The predicted molar refractivity (Wildman–Crippen MR) is 102 cm³/mol. The zero-order chi connectivity index (χ0) is 19.2. The predicted octanol–water partition coefficient (Wildman–Crippen LogP) is 4.09. The number of amides is 2. The van der Waals surface area contributed by atoms with Crippen molar-refractivity contribution in [3.63, 3.8) is 0 Å². The van der Waals surface area contributed by atoms with E-state index in [-0.39, 0.29) is 12.4 Å². The van der Waals surface area contributed by atoms with Crippen LogP contribution >= 0.6 is 23.2 Å². The molecule has 6 nitrogen and oxygen atoms in total. The van der Waals surface area contributed by atoms with Gasteiger partial charge in [-0.2, -0.15) is 0 Å². The number of ether oxygens (including phenoxy) is 1. The van der Waals surface area contributed by atoms with Gasteiger partial charge in [-0.25, -0.2) is 0 Å². The Balaban J connectivity index is 1.53. The molecule has 1 aromatic heterocycles. The number of rotatable bonds is 5. The quantitative estimate of drug-likeness (QED) is 0.627. The van der Waals surface area contributed by atoms with E-state index >= 15 is 0 Å². The molecule has 0 saturated carbocycles. The fourth-order valence-electron chi connectivity index (χ4n) is 2.19. The number of para-hydroxylation sites is 1. The van der Waals surface area contributed by atoms with Crippen molar-refractivity contribution in [3.8, 4) is 17.1 Å². The van der Waals surface area contributed by atoms with Crippen LogP contribution in [0.1, 0.15) is 10.6 Å². The summed E-state index contributed by atoms with van der Waals surface area (Å²) in [6.45, 7) is -0.312. The van der Waals surface area contributed by atoms with Crippen molar-refractivity contribution in [2.45, 2.75) is 0 Å². The molecule has 2 amide bonds. The highest BCUT2D eigenvalue weighted by Crippen LogP contribution is 2.29. The largest absolute Gasteiger partial charge is 0.482 e. The summed E-state index contributed by atoms with van der Waals surface area (Å²) in [5, 5.41) is 0.890. The van der Waals surface area contributed by atoms with Crippen LogP contribution in [-0.4, -0.2) is 18.4 Å². The fourth-order valence-corrected chi connectivity index (χ4v) is 2.61. The van der Waals surface area contributed by atoms with E-state index < -0.39 is 11.8 Å². The molecule has 0 aliphatic rings. The number of hydrazine groups is 1. The van der Waals surface area contributed by atoms with Gasteiger partial charge in [-0.1, -0.05) is 47.5 Å². The number of nitrogens with one attached hydrogen (secondary N) is 2. The molecule has 1 heterocycles. The van der Waals surface area contributed by atoms with E-state index in [0.29, 0.717) is 27.1 Å². The molecule has 0 radical (unpaired) electrons. The Morgan fingerprint density at radius 1 is 0.889 bits per heavy atom. The number of carbonyl (C=O) groups is 2. The Hall–Kier alpha value is -2.96. The van der Waals surface area contributed by atoms with Gasteiger partial charge in [-0.05, 0) is 36.4 Å². The lowest BCUT2D eigenvalue weighted by Gasteiger charge is -2.09. The van der Waals surface area contributed by atoms with E-state index in [1.165, 1.54) is 6.07 Å². The molecule has 0 bridgehead atoms. The van der Waals surface area contributed by atoms with Crippen molar-refractivity contribution >= 4 is 35.0 Å². The summed E-state index contributed by atoms with van der Waals surface area (Å²) in [7, 11) is 0. The van der Waals surface area contributed by atoms with Gasteiger partial charge in [0.05, 0.1) is 10.0 Å². The van der Waals surface area contributed by atoms with Crippen LogP contribution in [0.4, 0.5) is 0 Å². The van der Waals surface area contributed by atoms with E-state index in [0.717, 1.165) is 0 Å². The summed E-state index contributed by atoms with van der Waals surface area (Å²) in [6.07, 6.45) is 0. The second-order valence-electron chi connectivity index (χ2n) is 5.37. The molecule has 0 aliphatic carbocycles. The fraction of sp³-hybridized carbons (Fsp3) is 0.0526. The maximum Gasteiger partial charge on any atom is 0.305 e. The molecule has 0 fully saturated rings. The molecule has 3 aromatic rings. The molecule has 27 heavy (non-hydrogen) atoms. The van der Waals surface area contributed by atoms with Crippen LogP contribution in [0.25, 0.3) is 11.3 Å². The number of hydrogen-bond donors (Lipinski definition) is 2. The lowest BCUT2D eigenvalue weighted by atomic mass is 10.2. The molecule has 2 aromatic carbocycles. The van der Waals surface area contributed by atoms with Crippen molar-refractivity contribution in [2.24, 2.45) is 0 Å². The minimum absolute atomic E-state index is 0.0252. The van der Waals surface area contributed by atoms with E-state index in [9.17, 15) is 9.59 Å². The smallest absolute Gasteiger partial charge is 0.305 e. The van der Waals surface area contributed by atoms with Gasteiger partial charge in [0.1, 0.15) is 11.5 Å². The third-order valence-corrected chi connectivity index (χ3v) is 4.12. The maximum absolute atomic E-state index is 12.1. The van der Waals surface area contributed by atoms with Gasteiger partial charge < -0.3 is 9.15 Å². The Morgan fingerprint density at radius 2 is 1.59 bits per heavy atom. The first-order valence-corrected chi connectivity index (χ1v) is 8.61. The van der Waals surface area contributed by atoms with Crippen molar-refractivity contribution in [1.82, 2.24) is 10.9 Å². The van der Waals surface area contributed by atoms with E-state index in [1.807, 2.05) is 6.07 Å². The van der Waals surface area contributed by atoms with Crippen LogP contribution in [0.2, 0.25) is 10.0 Å². The highest BCUT2D eigenvalue weighted by atomic mass is 35.5. The van der Waals surface area contributed by atoms with Gasteiger partial charge in [-0.15, -0.1) is 0 Å². The average Bonchev–Trinajstić information content (AvgIpc) is 3.16. The van der Waals surface area contributed by atoms with Crippen molar-refractivity contribution in [3.05, 3.63) is 76.5 Å². The number of halogens is 2. The zero-order valence-corrected chi connectivity index (χ0v) is 15.4. The minimum atomic E-state index is -0.612. The first kappa shape index (κ1) is 18.8. The summed E-state index contributed by atoms with van der Waals surface area (Å²) in [4.78, 5) is 23.9. The molecule has 0 unspecified atom stereocenters. The van der Waals surface area contributed by atoms with Gasteiger partial charge in [0.15, 0.2) is 12.4 Å². The first-order chi connectivity index (χ1) is 13.0. The highest BCUT2D eigenvalue weighted by Gasteiger charge is 2.14. The van der Waals surface area contributed by atoms with Gasteiger partial charge in [0.2, 0.25) is 0 Å². The second kappa shape index (κ2) is 8.62. The normalized spacial score (nSPS) is 10.3. The Bertz CT molecular complexity index is 972. The van der Waals surface area contributed by atoms with Gasteiger partial charge in [0.25, 0.3) is 5.91 Å². The average molecular weight is 405 g/mol. The zero-order valence-electron chi connectivity index (χ0n) is 13.9. The van der Waals surface area contributed by atoms with Crippen molar-refractivity contribution in [2.75, 3.05) is 6.61 Å². The minimum Gasteiger partial charge on any atom is -0.482 e. The van der Waals surface area contributed by atoms with Crippen LogP contribution in [-0.2, 0) is 4.79 Å². The topological polar surface area (TPSA) is 80.6 Å². The molecule has 138 valence electrons. The molecular weight excluding hydrogens is 391 g/mol. The van der Waals surface area contributed by atoms with E-state index in [1.54, 1.807) is 48.5 Å². The lowest BCUT2D eigenvalue weighted by Crippen LogP contribution is -2.43. The first-order valence-electron chi connectivity index (χ1n) is 7.86. The summed E-state index contributed by atoms with van der Waals surface area (Å²) in [5.74, 6) is -0.326. The van der Waals surface area contributed by atoms with Gasteiger partial charge in [0, 0.05) is 5.56 Å². The Labute approximate surface area is 165 Å². The van der Waals surface area contributed by atoms with Crippen LogP contribution < -0.4 is 15.6 Å². The maximum atomic E-state index is 12.1. The highest BCUT2D eigenvalue weighted by molar-refractivity contribution is 6.33. The molecular formula is C19H14Cl2N2O4. The third kappa shape index (κ3) is 4.81. The molecule has 0 spiro atoms. The number of furan rings is 1. The number of hydrogen-bond acceptors (Lipinski definition) is 4. The van der Waals surface area contributed by atoms with Crippen LogP contribution in [0.5, 0.6) is 5.75 Å². The molecule has 0 atom stereocenters. The van der Waals surface area contributed by atoms with E-state index in [2.05, 4.69) is 10.9 Å². The summed E-state index contributed by atoms with van der Waals surface area (Å²) < 4.78 is 10.8. The van der Waals surface area contributed by atoms with Crippen LogP contribution in [0, 0.1) is 0 Å². The summed E-state index contributed by atoms with van der Waals surface area (Å²) in [5.41, 5.74) is 5.15. The lowest BCUT2D eigenvalue weighted by molar-refractivity contribution is -0.123. The standard InChI is InChI=1S/C19H14Cl2N2O4/c20-13-6-2-1-5-12(13)15-9-10-17(27-15)19(25)23-22-18(24)11-26-16-8-4-3-7-14(16)21/h1-10H,11H2,(H,22,24)(H,23,25). The van der Waals surface area contributed by atoms with Gasteiger partial charge in [-0.3, -0.25) is 20.4 Å². The molecule has 8 heteroatoms. The number of benzene rings is 2. The van der Waals surface area contributed by atoms with Crippen molar-refractivity contribution in [1.29, 1.82) is 0 Å². The molecule has 2 N–H and O–H groups in total. The van der Waals surface area contributed by atoms with Gasteiger partial charge >= 0.3 is 5.91 Å². The Morgan fingerprint density at radius 3 is 2.33 bits per heavy atom. The van der Waals surface area contributed by atoms with Crippen LogP contribution in [0.15, 0.2) is 65.1 Å². The van der Waals surface area contributed by atoms with E-state index in [4.69, 9.17) is 32.4 Å². The van der Waals surface area contributed by atoms with Crippen molar-refractivity contribution < 1.29 is 18.7 Å². The molecule has 0 saturated heterocycles. The Kier molecular flexibility index (Phi) is 6.01. The summed E-state index contributed by atoms with van der Waals surface area (Å²) in [6, 6.07) is 17.0. The number of carbonyl (C=O) groups excluding carboxylic acids is 2. The monoisotopic (exact) mass is 404 g/mol.